The lowest BCUT2D eigenvalue weighted by atomic mass is 9.49. The van der Waals surface area contributed by atoms with E-state index in [9.17, 15) is 13.2 Å². The van der Waals surface area contributed by atoms with Gasteiger partial charge in [0.25, 0.3) is 0 Å². The van der Waals surface area contributed by atoms with Gasteiger partial charge in [-0.2, -0.15) is 4.31 Å². The summed E-state index contributed by atoms with van der Waals surface area (Å²) in [6.45, 7) is 1.39. The van der Waals surface area contributed by atoms with Crippen LogP contribution in [0, 0.1) is 23.2 Å². The van der Waals surface area contributed by atoms with E-state index in [0.717, 1.165) is 17.8 Å². The van der Waals surface area contributed by atoms with Crippen molar-refractivity contribution in [1.29, 1.82) is 0 Å². The van der Waals surface area contributed by atoms with Gasteiger partial charge in [-0.05, 0) is 73.8 Å². The minimum absolute atomic E-state index is 0.0401. The van der Waals surface area contributed by atoms with E-state index in [2.05, 4.69) is 0 Å². The molecule has 30 heavy (non-hydrogen) atoms. The fraction of sp³-hybridized carbons (Fsp3) is 0.682. The molecule has 8 heteroatoms. The molecule has 164 valence electrons. The molecule has 6 rings (SSSR count). The Balaban J connectivity index is 1.24. The first-order valence-electron chi connectivity index (χ1n) is 11.0. The first kappa shape index (κ1) is 21.0. The van der Waals surface area contributed by atoms with Gasteiger partial charge < -0.3 is 4.90 Å². The Morgan fingerprint density at radius 1 is 0.933 bits per heavy atom. The molecule has 0 atom stereocenters. The van der Waals surface area contributed by atoms with Crippen LogP contribution in [0.5, 0.6) is 0 Å². The van der Waals surface area contributed by atoms with Crippen molar-refractivity contribution in [3.63, 3.8) is 0 Å². The summed E-state index contributed by atoms with van der Waals surface area (Å²) in [5.41, 5.74) is 0.208. The lowest BCUT2D eigenvalue weighted by Crippen LogP contribution is -2.53. The van der Waals surface area contributed by atoms with E-state index >= 15 is 0 Å². The predicted molar refractivity (Wildman–Crippen MR) is 117 cm³/mol. The van der Waals surface area contributed by atoms with Gasteiger partial charge in [-0.15, -0.1) is 0 Å². The fourth-order valence-corrected chi connectivity index (χ4v) is 9.49. The molecule has 0 N–H and O–H groups in total. The minimum Gasteiger partial charge on any atom is -0.340 e. The predicted octanol–water partition coefficient (Wildman–Crippen LogP) is 4.43. The average Bonchev–Trinajstić information content (AvgIpc) is 2.66. The number of hydrogen-bond acceptors (Lipinski definition) is 3. The highest BCUT2D eigenvalue weighted by Crippen LogP contribution is 2.61. The molecule has 0 unspecified atom stereocenters. The van der Waals surface area contributed by atoms with E-state index in [-0.39, 0.29) is 39.4 Å². The topological polar surface area (TPSA) is 57.7 Å². The number of hydrogen-bond donors (Lipinski definition) is 0. The molecule has 0 aromatic heterocycles. The summed E-state index contributed by atoms with van der Waals surface area (Å²) in [6.07, 6.45) is 8.38. The summed E-state index contributed by atoms with van der Waals surface area (Å²) in [4.78, 5) is 15.0. The second-order valence-electron chi connectivity index (χ2n) is 9.93. The Morgan fingerprint density at radius 3 is 1.93 bits per heavy atom. The van der Waals surface area contributed by atoms with Crippen molar-refractivity contribution in [2.45, 2.75) is 49.8 Å². The van der Waals surface area contributed by atoms with Crippen molar-refractivity contribution in [2.75, 3.05) is 26.2 Å². The van der Waals surface area contributed by atoms with Gasteiger partial charge in [0, 0.05) is 32.6 Å². The Labute approximate surface area is 188 Å². The molecule has 4 aliphatic carbocycles. The van der Waals surface area contributed by atoms with E-state index in [0.29, 0.717) is 19.5 Å². The molecular weight excluding hydrogens is 443 g/mol. The van der Waals surface area contributed by atoms with Crippen LogP contribution in [0.4, 0.5) is 0 Å². The molecular formula is C22H28Cl2N2O3S. The smallest absolute Gasteiger partial charge is 0.246 e. The largest absolute Gasteiger partial charge is 0.340 e. The van der Waals surface area contributed by atoms with Crippen molar-refractivity contribution >= 4 is 39.1 Å². The first-order chi connectivity index (χ1) is 14.3. The van der Waals surface area contributed by atoms with Crippen LogP contribution in [0.2, 0.25) is 10.0 Å². The van der Waals surface area contributed by atoms with Gasteiger partial charge in [0.1, 0.15) is 4.90 Å². The maximum absolute atomic E-state index is 13.1. The zero-order valence-corrected chi connectivity index (χ0v) is 19.4. The third-order valence-electron chi connectivity index (χ3n) is 7.80. The number of carbonyl (C=O) groups is 1. The standard InChI is InChI=1S/C22H28Cl2N2O3S/c23-18-2-1-3-19(24)21(18)30(28,29)26-6-4-25(5-7-26)20(27)14-22-11-15-8-16(12-22)10-17(9-15)13-22/h1-3,15-17H,4-14H2. The highest BCUT2D eigenvalue weighted by Gasteiger charge is 2.51. The van der Waals surface area contributed by atoms with Crippen LogP contribution in [-0.4, -0.2) is 49.7 Å². The molecule has 5 nitrogen and oxygen atoms in total. The molecule has 0 radical (unpaired) electrons. The van der Waals surface area contributed by atoms with Gasteiger partial charge in [-0.25, -0.2) is 8.42 Å². The van der Waals surface area contributed by atoms with Crippen LogP contribution in [-0.2, 0) is 14.8 Å². The lowest BCUT2D eigenvalue weighted by molar-refractivity contribution is -0.140. The molecule has 4 saturated carbocycles. The number of carbonyl (C=O) groups excluding carboxylic acids is 1. The molecule has 1 heterocycles. The number of benzene rings is 1. The van der Waals surface area contributed by atoms with Crippen LogP contribution in [0.25, 0.3) is 0 Å². The van der Waals surface area contributed by atoms with Crippen molar-refractivity contribution in [1.82, 2.24) is 9.21 Å². The Morgan fingerprint density at radius 2 is 1.43 bits per heavy atom. The molecule has 1 amide bonds. The molecule has 5 fully saturated rings. The molecule has 0 spiro atoms. The van der Waals surface area contributed by atoms with Crippen molar-refractivity contribution in [2.24, 2.45) is 23.2 Å². The Kier molecular flexibility index (Phi) is 5.36. The van der Waals surface area contributed by atoms with Crippen molar-refractivity contribution in [3.05, 3.63) is 28.2 Å². The van der Waals surface area contributed by atoms with Crippen LogP contribution < -0.4 is 0 Å². The number of sulfonamides is 1. The van der Waals surface area contributed by atoms with Gasteiger partial charge >= 0.3 is 0 Å². The molecule has 4 bridgehead atoms. The molecule has 1 saturated heterocycles. The van der Waals surface area contributed by atoms with Gasteiger partial charge in [-0.3, -0.25) is 4.79 Å². The number of nitrogens with zero attached hydrogens (tertiary/aromatic N) is 2. The molecule has 1 aliphatic heterocycles. The van der Waals surface area contributed by atoms with Crippen LogP contribution in [0.1, 0.15) is 44.9 Å². The number of amides is 1. The third-order valence-corrected chi connectivity index (χ3v) is 10.7. The Hall–Kier alpha value is -0.820. The Bertz CT molecular complexity index is 902. The minimum atomic E-state index is -3.78. The summed E-state index contributed by atoms with van der Waals surface area (Å²) in [6, 6.07) is 4.70. The van der Waals surface area contributed by atoms with Gasteiger partial charge in [0.15, 0.2) is 0 Å². The quantitative estimate of drug-likeness (QED) is 0.653. The second kappa shape index (κ2) is 7.65. The van der Waals surface area contributed by atoms with Crippen LogP contribution in [0.15, 0.2) is 23.1 Å². The molecule has 5 aliphatic rings. The van der Waals surface area contributed by atoms with E-state index in [1.807, 2.05) is 4.90 Å². The summed E-state index contributed by atoms with van der Waals surface area (Å²) in [5.74, 6) is 2.68. The average molecular weight is 471 g/mol. The summed E-state index contributed by atoms with van der Waals surface area (Å²) >= 11 is 12.3. The zero-order valence-electron chi connectivity index (χ0n) is 17.0. The van der Waals surface area contributed by atoms with Crippen LogP contribution >= 0.6 is 23.2 Å². The molecule has 1 aromatic carbocycles. The highest BCUT2D eigenvalue weighted by atomic mass is 35.5. The number of halogens is 2. The summed E-state index contributed by atoms with van der Waals surface area (Å²) < 4.78 is 27.5. The normalized spacial score (nSPS) is 33.8. The van der Waals surface area contributed by atoms with E-state index in [1.165, 1.54) is 55.0 Å². The van der Waals surface area contributed by atoms with E-state index in [1.54, 1.807) is 6.07 Å². The van der Waals surface area contributed by atoms with Crippen molar-refractivity contribution < 1.29 is 13.2 Å². The monoisotopic (exact) mass is 470 g/mol. The van der Waals surface area contributed by atoms with Gasteiger partial charge in [0.2, 0.25) is 15.9 Å². The summed E-state index contributed by atoms with van der Waals surface area (Å²) in [5, 5.41) is 0.255. The lowest BCUT2D eigenvalue weighted by Gasteiger charge is -2.57. The van der Waals surface area contributed by atoms with Crippen molar-refractivity contribution in [3.8, 4) is 0 Å². The fourth-order valence-electron chi connectivity index (χ4n) is 6.98. The molecule has 1 aromatic rings. The first-order valence-corrected chi connectivity index (χ1v) is 13.2. The summed E-state index contributed by atoms with van der Waals surface area (Å²) in [7, 11) is -3.78. The maximum Gasteiger partial charge on any atom is 0.246 e. The highest BCUT2D eigenvalue weighted by molar-refractivity contribution is 7.89. The van der Waals surface area contributed by atoms with E-state index in [4.69, 9.17) is 23.2 Å². The SMILES string of the molecule is O=C(CC12CC3CC(CC(C3)C1)C2)N1CCN(S(=O)(=O)c2c(Cl)cccc2Cl)CC1. The van der Waals surface area contributed by atoms with Gasteiger partial charge in [-0.1, -0.05) is 29.3 Å². The van der Waals surface area contributed by atoms with Gasteiger partial charge in [0.05, 0.1) is 10.0 Å². The van der Waals surface area contributed by atoms with E-state index < -0.39 is 10.0 Å². The second-order valence-corrected chi connectivity index (χ2v) is 12.6. The third kappa shape index (κ3) is 3.68. The zero-order chi connectivity index (χ0) is 21.1. The number of rotatable bonds is 4. The number of piperazine rings is 1. The maximum atomic E-state index is 13.1. The van der Waals surface area contributed by atoms with Crippen LogP contribution in [0.3, 0.4) is 0 Å².